The highest BCUT2D eigenvalue weighted by Crippen LogP contribution is 2.46. The van der Waals surface area contributed by atoms with Gasteiger partial charge in [0.15, 0.2) is 0 Å². The van der Waals surface area contributed by atoms with Gasteiger partial charge in [-0.05, 0) is 67.3 Å². The van der Waals surface area contributed by atoms with Gasteiger partial charge >= 0.3 is 0 Å². The summed E-state index contributed by atoms with van der Waals surface area (Å²) in [5, 5.41) is 12.3. The van der Waals surface area contributed by atoms with Crippen LogP contribution in [-0.2, 0) is 0 Å². The van der Waals surface area contributed by atoms with Gasteiger partial charge in [0.05, 0.1) is 0 Å². The Morgan fingerprint density at radius 1 is 0.429 bits per heavy atom. The Balaban J connectivity index is 1.92. The first-order chi connectivity index (χ1) is 13.9. The van der Waals surface area contributed by atoms with E-state index in [1.165, 1.54) is 53.2 Å². The molecule has 6 rings (SSSR count). The summed E-state index contributed by atoms with van der Waals surface area (Å²) in [4.78, 5) is 2.66. The molecule has 0 spiro atoms. The normalized spacial score (nSPS) is 11.6. The van der Waals surface area contributed by atoms with Crippen molar-refractivity contribution in [3.8, 4) is 20.9 Å². The lowest BCUT2D eigenvalue weighted by molar-refractivity contribution is 1.76. The lowest BCUT2D eigenvalue weighted by atomic mass is 9.89. The average Bonchev–Trinajstić information content (AvgIpc) is 3.45. The summed E-state index contributed by atoms with van der Waals surface area (Å²) in [5.74, 6) is 0. The molecule has 0 aliphatic carbocycles. The summed E-state index contributed by atoms with van der Waals surface area (Å²) >= 11 is 3.63. The van der Waals surface area contributed by atoms with E-state index in [4.69, 9.17) is 0 Å². The molecule has 0 saturated heterocycles. The highest BCUT2D eigenvalue weighted by molar-refractivity contribution is 7.14. The second kappa shape index (κ2) is 6.30. The maximum Gasteiger partial charge on any atom is 0.0355 e. The minimum atomic E-state index is 1.29. The number of hydrogen-bond acceptors (Lipinski definition) is 2. The molecule has 2 aromatic heterocycles. The van der Waals surface area contributed by atoms with E-state index < -0.39 is 0 Å². The highest BCUT2D eigenvalue weighted by Gasteiger charge is 2.18. The van der Waals surface area contributed by atoms with Gasteiger partial charge in [0.1, 0.15) is 0 Å². The predicted octanol–water partition coefficient (Wildman–Crippen LogP) is 8.60. The van der Waals surface area contributed by atoms with Crippen LogP contribution in [0.25, 0.3) is 53.2 Å². The van der Waals surface area contributed by atoms with Crippen molar-refractivity contribution < 1.29 is 0 Å². The van der Waals surface area contributed by atoms with Crippen LogP contribution in [0.1, 0.15) is 0 Å². The minimum Gasteiger partial charge on any atom is -0.144 e. The summed E-state index contributed by atoms with van der Waals surface area (Å²) < 4.78 is 0. The average molecular weight is 393 g/mol. The van der Waals surface area contributed by atoms with Gasteiger partial charge in [0.2, 0.25) is 0 Å². The van der Waals surface area contributed by atoms with Crippen molar-refractivity contribution in [2.75, 3.05) is 0 Å². The number of fused-ring (bicyclic) bond motifs is 3. The zero-order valence-electron chi connectivity index (χ0n) is 15.1. The standard InChI is InChI=1S/C26H16S2/c1-2-8-18-16-22-21(15-17(18)7-1)25(23-11-5-13-27-23)19-9-3-4-10-20(19)26(22)24-12-6-14-28-24/h1-16H. The van der Waals surface area contributed by atoms with E-state index in [2.05, 4.69) is 95.7 Å². The van der Waals surface area contributed by atoms with E-state index in [1.807, 2.05) is 22.7 Å². The monoisotopic (exact) mass is 392 g/mol. The molecule has 0 nitrogen and oxygen atoms in total. The Morgan fingerprint density at radius 2 is 0.893 bits per heavy atom. The molecule has 0 atom stereocenters. The molecule has 0 bridgehead atoms. The summed E-state index contributed by atoms with van der Waals surface area (Å²) in [7, 11) is 0. The first kappa shape index (κ1) is 16.1. The molecule has 0 N–H and O–H groups in total. The Hall–Kier alpha value is -2.94. The molecule has 2 heteroatoms. The van der Waals surface area contributed by atoms with E-state index >= 15 is 0 Å². The van der Waals surface area contributed by atoms with E-state index in [9.17, 15) is 0 Å². The Labute approximate surface area is 171 Å². The third-order valence-electron chi connectivity index (χ3n) is 5.43. The van der Waals surface area contributed by atoms with E-state index in [0.29, 0.717) is 0 Å². The molecule has 0 unspecified atom stereocenters. The van der Waals surface area contributed by atoms with Gasteiger partial charge in [0.25, 0.3) is 0 Å². The second-order valence-electron chi connectivity index (χ2n) is 7.00. The summed E-state index contributed by atoms with van der Waals surface area (Å²) in [6.07, 6.45) is 0. The van der Waals surface area contributed by atoms with Gasteiger partial charge in [-0.2, -0.15) is 0 Å². The van der Waals surface area contributed by atoms with E-state index in [0.717, 1.165) is 0 Å². The predicted molar refractivity (Wildman–Crippen MR) is 126 cm³/mol. The fourth-order valence-electron chi connectivity index (χ4n) is 4.24. The van der Waals surface area contributed by atoms with Crippen LogP contribution >= 0.6 is 22.7 Å². The Bertz CT molecular complexity index is 1330. The maximum atomic E-state index is 2.38. The van der Waals surface area contributed by atoms with Gasteiger partial charge in [-0.1, -0.05) is 60.7 Å². The first-order valence-electron chi connectivity index (χ1n) is 9.35. The highest BCUT2D eigenvalue weighted by atomic mass is 32.1. The zero-order chi connectivity index (χ0) is 18.5. The Kier molecular flexibility index (Phi) is 3.61. The van der Waals surface area contributed by atoms with Crippen LogP contribution < -0.4 is 0 Å². The number of hydrogen-bond donors (Lipinski definition) is 0. The fraction of sp³-hybridized carbons (Fsp3) is 0. The summed E-state index contributed by atoms with van der Waals surface area (Å²) in [6, 6.07) is 31.1. The molecular formula is C26H16S2. The SMILES string of the molecule is c1csc(-c2c3ccccc3c(-c3cccs3)c3cc4ccccc4cc23)c1. The van der Waals surface area contributed by atoms with Crippen molar-refractivity contribution >= 4 is 55.0 Å². The molecule has 0 aliphatic rings. The molecule has 132 valence electrons. The molecule has 0 aliphatic heterocycles. The zero-order valence-corrected chi connectivity index (χ0v) is 16.7. The molecule has 0 amide bonds. The van der Waals surface area contributed by atoms with Crippen LogP contribution in [0.4, 0.5) is 0 Å². The smallest absolute Gasteiger partial charge is 0.0355 e. The van der Waals surface area contributed by atoms with Crippen LogP contribution in [0.15, 0.2) is 95.7 Å². The van der Waals surface area contributed by atoms with Crippen molar-refractivity contribution in [3.05, 3.63) is 95.7 Å². The summed E-state index contributed by atoms with van der Waals surface area (Å²) in [5.41, 5.74) is 2.71. The number of thiophene rings is 2. The molecule has 0 radical (unpaired) electrons. The van der Waals surface area contributed by atoms with Crippen molar-refractivity contribution in [1.29, 1.82) is 0 Å². The quantitative estimate of drug-likeness (QED) is 0.259. The molecule has 2 heterocycles. The van der Waals surface area contributed by atoms with Crippen LogP contribution in [0.3, 0.4) is 0 Å². The third kappa shape index (κ3) is 2.35. The lowest BCUT2D eigenvalue weighted by Gasteiger charge is -2.16. The van der Waals surface area contributed by atoms with Crippen molar-refractivity contribution in [3.63, 3.8) is 0 Å². The molecule has 0 fully saturated rings. The largest absolute Gasteiger partial charge is 0.144 e. The van der Waals surface area contributed by atoms with Crippen LogP contribution in [0.2, 0.25) is 0 Å². The van der Waals surface area contributed by atoms with Gasteiger partial charge in [-0.15, -0.1) is 22.7 Å². The lowest BCUT2D eigenvalue weighted by Crippen LogP contribution is -1.89. The summed E-state index contributed by atoms with van der Waals surface area (Å²) in [6.45, 7) is 0. The van der Waals surface area contributed by atoms with Crippen LogP contribution in [0, 0.1) is 0 Å². The van der Waals surface area contributed by atoms with Crippen LogP contribution in [0.5, 0.6) is 0 Å². The van der Waals surface area contributed by atoms with E-state index in [-0.39, 0.29) is 0 Å². The van der Waals surface area contributed by atoms with Gasteiger partial charge < -0.3 is 0 Å². The molecule has 28 heavy (non-hydrogen) atoms. The fourth-order valence-corrected chi connectivity index (χ4v) is 5.83. The maximum absolute atomic E-state index is 2.38. The van der Waals surface area contributed by atoms with Gasteiger partial charge in [0, 0.05) is 20.9 Å². The van der Waals surface area contributed by atoms with Crippen molar-refractivity contribution in [2.24, 2.45) is 0 Å². The second-order valence-corrected chi connectivity index (χ2v) is 8.89. The van der Waals surface area contributed by atoms with Gasteiger partial charge in [-0.3, -0.25) is 0 Å². The van der Waals surface area contributed by atoms with Gasteiger partial charge in [-0.25, -0.2) is 0 Å². The minimum absolute atomic E-state index is 1.29. The first-order valence-corrected chi connectivity index (χ1v) is 11.1. The third-order valence-corrected chi connectivity index (χ3v) is 7.20. The van der Waals surface area contributed by atoms with E-state index in [1.54, 1.807) is 0 Å². The van der Waals surface area contributed by atoms with Crippen molar-refractivity contribution in [2.45, 2.75) is 0 Å². The topological polar surface area (TPSA) is 0 Å². The molecule has 6 aromatic rings. The number of benzene rings is 4. The molecule has 4 aromatic carbocycles. The van der Waals surface area contributed by atoms with Crippen LogP contribution in [-0.4, -0.2) is 0 Å². The van der Waals surface area contributed by atoms with Crippen molar-refractivity contribution in [1.82, 2.24) is 0 Å². The molecule has 0 saturated carbocycles. The molecular weight excluding hydrogens is 376 g/mol. The Morgan fingerprint density at radius 3 is 1.32 bits per heavy atom. The number of rotatable bonds is 2.